The molecule has 1 aliphatic rings. The molecule has 0 radical (unpaired) electrons. The second-order valence-electron chi connectivity index (χ2n) is 3.38. The molecular formula is C11H13N3O2. The van der Waals surface area contributed by atoms with Gasteiger partial charge in [0.15, 0.2) is 5.69 Å². The number of rotatable bonds is 3. The van der Waals surface area contributed by atoms with Gasteiger partial charge in [-0.15, -0.1) is 0 Å². The van der Waals surface area contributed by atoms with E-state index in [0.29, 0.717) is 12.4 Å². The number of hydrogen-bond donors (Lipinski definition) is 1. The highest BCUT2D eigenvalue weighted by atomic mass is 16.5. The Hall–Kier alpha value is -2.04. The molecule has 1 aliphatic carbocycles. The number of allylic oxidation sites excluding steroid dienone is 4. The Kier molecular flexibility index (Phi) is 2.76. The minimum Gasteiger partial charge on any atom is -0.461 e. The van der Waals surface area contributed by atoms with Crippen LogP contribution in [0.15, 0.2) is 24.3 Å². The van der Waals surface area contributed by atoms with Gasteiger partial charge in [0, 0.05) is 18.2 Å². The van der Waals surface area contributed by atoms with Crippen molar-refractivity contribution in [2.45, 2.75) is 13.3 Å². The van der Waals surface area contributed by atoms with Crippen LogP contribution in [0, 0.1) is 0 Å². The number of carbonyl (C=O) groups excluding carboxylic acids is 1. The van der Waals surface area contributed by atoms with E-state index >= 15 is 0 Å². The number of ether oxygens (including phenoxy) is 1. The molecule has 0 spiro atoms. The molecular weight excluding hydrogens is 206 g/mol. The van der Waals surface area contributed by atoms with Crippen LogP contribution in [-0.2, 0) is 4.74 Å². The average molecular weight is 219 g/mol. The molecule has 1 aromatic rings. The van der Waals surface area contributed by atoms with Gasteiger partial charge in [-0.25, -0.2) is 9.48 Å². The van der Waals surface area contributed by atoms with E-state index in [1.165, 1.54) is 6.07 Å². The molecule has 2 N–H and O–H groups in total. The zero-order valence-electron chi connectivity index (χ0n) is 9.01. The fourth-order valence-corrected chi connectivity index (χ4v) is 1.52. The highest BCUT2D eigenvalue weighted by Gasteiger charge is 2.15. The molecule has 1 aromatic heterocycles. The van der Waals surface area contributed by atoms with E-state index in [1.807, 2.05) is 18.2 Å². The molecule has 0 fully saturated rings. The number of nitrogens with zero attached hydrogens (tertiary/aromatic N) is 2. The fraction of sp³-hybridized carbons (Fsp3) is 0.273. The lowest BCUT2D eigenvalue weighted by molar-refractivity contribution is 0.0519. The Balaban J connectivity index is 2.25. The summed E-state index contributed by atoms with van der Waals surface area (Å²) < 4.78 is 6.42. The minimum atomic E-state index is -0.445. The molecule has 0 saturated heterocycles. The third-order valence-electron chi connectivity index (χ3n) is 2.25. The fourth-order valence-electron chi connectivity index (χ4n) is 1.52. The van der Waals surface area contributed by atoms with Crippen molar-refractivity contribution in [2.75, 3.05) is 12.3 Å². The molecule has 16 heavy (non-hydrogen) atoms. The number of carbonyl (C=O) groups is 1. The van der Waals surface area contributed by atoms with Crippen molar-refractivity contribution in [3.05, 3.63) is 30.0 Å². The van der Waals surface area contributed by atoms with Gasteiger partial charge in [-0.05, 0) is 13.0 Å². The molecule has 0 amide bonds. The summed E-state index contributed by atoms with van der Waals surface area (Å²) >= 11 is 0. The normalized spacial score (nSPS) is 13.9. The summed E-state index contributed by atoms with van der Waals surface area (Å²) in [5, 5.41) is 4.12. The second-order valence-corrected chi connectivity index (χ2v) is 3.38. The number of anilines is 1. The van der Waals surface area contributed by atoms with Gasteiger partial charge in [0.25, 0.3) is 0 Å². The Labute approximate surface area is 93.2 Å². The lowest BCUT2D eigenvalue weighted by atomic mass is 10.4. The van der Waals surface area contributed by atoms with Crippen molar-refractivity contribution < 1.29 is 9.53 Å². The molecule has 84 valence electrons. The van der Waals surface area contributed by atoms with Gasteiger partial charge in [0.2, 0.25) is 0 Å². The predicted molar refractivity (Wildman–Crippen MR) is 60.6 cm³/mol. The largest absolute Gasteiger partial charge is 0.461 e. The molecule has 1 heterocycles. The summed E-state index contributed by atoms with van der Waals surface area (Å²) in [4.78, 5) is 11.4. The zero-order valence-corrected chi connectivity index (χ0v) is 9.01. The topological polar surface area (TPSA) is 70.1 Å². The number of esters is 1. The molecule has 0 bridgehead atoms. The molecule has 0 atom stereocenters. The SMILES string of the molecule is CCOC(=O)c1cc(N)n(C2=CC=CC2)n1. The molecule has 0 aliphatic heterocycles. The first-order valence-corrected chi connectivity index (χ1v) is 5.11. The third kappa shape index (κ3) is 1.84. The van der Waals surface area contributed by atoms with Crippen LogP contribution in [0.5, 0.6) is 0 Å². The Morgan fingerprint density at radius 1 is 1.69 bits per heavy atom. The van der Waals surface area contributed by atoms with Gasteiger partial charge in [-0.3, -0.25) is 0 Å². The van der Waals surface area contributed by atoms with E-state index in [0.717, 1.165) is 12.1 Å². The van der Waals surface area contributed by atoms with Crippen LogP contribution in [0.1, 0.15) is 23.8 Å². The Morgan fingerprint density at radius 2 is 2.50 bits per heavy atom. The van der Waals surface area contributed by atoms with Gasteiger partial charge >= 0.3 is 5.97 Å². The van der Waals surface area contributed by atoms with Crippen molar-refractivity contribution in [2.24, 2.45) is 0 Å². The van der Waals surface area contributed by atoms with E-state index in [1.54, 1.807) is 11.6 Å². The van der Waals surface area contributed by atoms with Gasteiger partial charge in [-0.1, -0.05) is 12.2 Å². The molecule has 0 aromatic carbocycles. The maximum atomic E-state index is 11.4. The highest BCUT2D eigenvalue weighted by Crippen LogP contribution is 2.20. The maximum Gasteiger partial charge on any atom is 0.358 e. The maximum absolute atomic E-state index is 11.4. The average Bonchev–Trinajstić information content (AvgIpc) is 2.86. The van der Waals surface area contributed by atoms with Crippen molar-refractivity contribution in [3.63, 3.8) is 0 Å². The van der Waals surface area contributed by atoms with Crippen LogP contribution < -0.4 is 5.73 Å². The molecule has 5 heteroatoms. The molecule has 5 nitrogen and oxygen atoms in total. The lowest BCUT2D eigenvalue weighted by Crippen LogP contribution is -2.07. The summed E-state index contributed by atoms with van der Waals surface area (Å²) in [6, 6.07) is 1.52. The van der Waals surface area contributed by atoms with Gasteiger partial charge in [0.1, 0.15) is 5.82 Å². The Morgan fingerprint density at radius 3 is 3.12 bits per heavy atom. The smallest absolute Gasteiger partial charge is 0.358 e. The number of aromatic nitrogens is 2. The van der Waals surface area contributed by atoms with E-state index in [4.69, 9.17) is 10.5 Å². The van der Waals surface area contributed by atoms with E-state index in [-0.39, 0.29) is 5.69 Å². The summed E-state index contributed by atoms with van der Waals surface area (Å²) in [5.74, 6) is -0.00231. The summed E-state index contributed by atoms with van der Waals surface area (Å²) in [5.41, 5.74) is 6.97. The highest BCUT2D eigenvalue weighted by molar-refractivity contribution is 5.88. The monoisotopic (exact) mass is 219 g/mol. The standard InChI is InChI=1S/C11H13N3O2/c1-2-16-11(15)9-7-10(12)14(13-9)8-5-3-4-6-8/h3-5,7H,2,6,12H2,1H3. The van der Waals surface area contributed by atoms with Crippen LogP contribution in [0.3, 0.4) is 0 Å². The van der Waals surface area contributed by atoms with Crippen LogP contribution >= 0.6 is 0 Å². The van der Waals surface area contributed by atoms with E-state index in [2.05, 4.69) is 5.10 Å². The predicted octanol–water partition coefficient (Wildman–Crippen LogP) is 1.44. The van der Waals surface area contributed by atoms with E-state index in [9.17, 15) is 4.79 Å². The number of hydrogen-bond acceptors (Lipinski definition) is 4. The molecule has 2 rings (SSSR count). The molecule has 0 saturated carbocycles. The summed E-state index contributed by atoms with van der Waals surface area (Å²) in [7, 11) is 0. The number of nitrogen functional groups attached to an aromatic ring is 1. The number of nitrogens with two attached hydrogens (primary N) is 1. The van der Waals surface area contributed by atoms with Crippen molar-refractivity contribution in [3.8, 4) is 0 Å². The van der Waals surface area contributed by atoms with Crippen LogP contribution in [-0.4, -0.2) is 22.4 Å². The van der Waals surface area contributed by atoms with Crippen LogP contribution in [0.2, 0.25) is 0 Å². The first-order chi connectivity index (χ1) is 7.72. The molecule has 0 unspecified atom stereocenters. The Bertz CT molecular complexity index is 472. The lowest BCUT2D eigenvalue weighted by Gasteiger charge is -2.03. The first kappa shape index (κ1) is 10.5. The second kappa shape index (κ2) is 4.22. The summed E-state index contributed by atoms with van der Waals surface area (Å²) in [6.45, 7) is 2.08. The minimum absolute atomic E-state index is 0.243. The van der Waals surface area contributed by atoms with Crippen LogP contribution in [0.4, 0.5) is 5.82 Å². The van der Waals surface area contributed by atoms with Crippen molar-refractivity contribution in [1.29, 1.82) is 0 Å². The first-order valence-electron chi connectivity index (χ1n) is 5.11. The van der Waals surface area contributed by atoms with Crippen LogP contribution in [0.25, 0.3) is 5.70 Å². The van der Waals surface area contributed by atoms with Gasteiger partial charge < -0.3 is 10.5 Å². The van der Waals surface area contributed by atoms with Crippen molar-refractivity contribution in [1.82, 2.24) is 9.78 Å². The van der Waals surface area contributed by atoms with Gasteiger partial charge in [-0.2, -0.15) is 5.10 Å². The third-order valence-corrected chi connectivity index (χ3v) is 2.25. The van der Waals surface area contributed by atoms with Crippen molar-refractivity contribution >= 4 is 17.5 Å². The van der Waals surface area contributed by atoms with Gasteiger partial charge in [0.05, 0.1) is 6.61 Å². The zero-order chi connectivity index (χ0) is 11.5. The quantitative estimate of drug-likeness (QED) is 0.781. The van der Waals surface area contributed by atoms with E-state index < -0.39 is 5.97 Å². The summed E-state index contributed by atoms with van der Waals surface area (Å²) in [6.07, 6.45) is 6.62.